The predicted octanol–water partition coefficient (Wildman–Crippen LogP) is 1.03. The SMILES string of the molecule is COc1ccc(CCNC(=O)C(C)N2CCN(C(C)C(=O)NC3CC3)CC2)cc1. The molecule has 2 fully saturated rings. The van der Waals surface area contributed by atoms with Gasteiger partial charge in [-0.05, 0) is 50.8 Å². The Morgan fingerprint density at radius 2 is 1.55 bits per heavy atom. The summed E-state index contributed by atoms with van der Waals surface area (Å²) in [6.07, 6.45) is 3.01. The molecule has 1 heterocycles. The van der Waals surface area contributed by atoms with Crippen molar-refractivity contribution >= 4 is 11.8 Å². The van der Waals surface area contributed by atoms with Crippen LogP contribution in [0.2, 0.25) is 0 Å². The van der Waals surface area contributed by atoms with E-state index in [1.165, 1.54) is 5.56 Å². The Morgan fingerprint density at radius 3 is 2.07 bits per heavy atom. The quantitative estimate of drug-likeness (QED) is 0.645. The first kappa shape index (κ1) is 21.6. The maximum Gasteiger partial charge on any atom is 0.237 e. The molecule has 0 aromatic heterocycles. The van der Waals surface area contributed by atoms with Crippen molar-refractivity contribution in [2.45, 2.75) is 51.2 Å². The first-order valence-electron chi connectivity index (χ1n) is 10.7. The van der Waals surface area contributed by atoms with Gasteiger partial charge in [-0.1, -0.05) is 12.1 Å². The van der Waals surface area contributed by atoms with E-state index in [2.05, 4.69) is 20.4 Å². The van der Waals surface area contributed by atoms with Gasteiger partial charge in [0.05, 0.1) is 19.2 Å². The summed E-state index contributed by atoms with van der Waals surface area (Å²) < 4.78 is 5.16. The molecule has 0 spiro atoms. The van der Waals surface area contributed by atoms with Crippen LogP contribution in [-0.4, -0.2) is 79.6 Å². The predicted molar refractivity (Wildman–Crippen MR) is 113 cm³/mol. The number of carbonyl (C=O) groups is 2. The van der Waals surface area contributed by atoms with Crippen LogP contribution in [0.3, 0.4) is 0 Å². The van der Waals surface area contributed by atoms with E-state index in [-0.39, 0.29) is 23.9 Å². The third kappa shape index (κ3) is 6.18. The molecule has 1 aromatic carbocycles. The van der Waals surface area contributed by atoms with E-state index in [0.29, 0.717) is 12.6 Å². The van der Waals surface area contributed by atoms with E-state index in [0.717, 1.165) is 51.2 Å². The zero-order valence-corrected chi connectivity index (χ0v) is 17.8. The molecule has 160 valence electrons. The highest BCUT2D eigenvalue weighted by Gasteiger charge is 2.31. The standard InChI is InChI=1S/C22H34N4O3/c1-16(21(27)23-11-10-18-4-8-20(29-3)9-5-18)25-12-14-26(15-13-25)17(2)22(28)24-19-6-7-19/h4-5,8-9,16-17,19H,6-7,10-15H2,1-3H3,(H,23,27)(H,24,28). The molecule has 2 amide bonds. The molecule has 1 aromatic rings. The van der Waals surface area contributed by atoms with Crippen molar-refractivity contribution < 1.29 is 14.3 Å². The second kappa shape index (κ2) is 10.1. The van der Waals surface area contributed by atoms with Crippen molar-refractivity contribution in [2.24, 2.45) is 0 Å². The molecule has 0 radical (unpaired) electrons. The van der Waals surface area contributed by atoms with Crippen LogP contribution in [-0.2, 0) is 16.0 Å². The smallest absolute Gasteiger partial charge is 0.237 e. The maximum absolute atomic E-state index is 12.5. The number of piperazine rings is 1. The van der Waals surface area contributed by atoms with Gasteiger partial charge in [0.2, 0.25) is 11.8 Å². The number of methoxy groups -OCH3 is 1. The van der Waals surface area contributed by atoms with Crippen molar-refractivity contribution in [1.29, 1.82) is 0 Å². The average Bonchev–Trinajstić information content (AvgIpc) is 3.57. The molecule has 1 aliphatic heterocycles. The Labute approximate surface area is 173 Å². The number of nitrogens with one attached hydrogen (secondary N) is 2. The van der Waals surface area contributed by atoms with E-state index >= 15 is 0 Å². The zero-order valence-electron chi connectivity index (χ0n) is 17.8. The molecule has 1 saturated heterocycles. The Balaban J connectivity index is 1.37. The number of rotatable bonds is 9. The van der Waals surface area contributed by atoms with E-state index < -0.39 is 0 Å². The summed E-state index contributed by atoms with van der Waals surface area (Å²) in [4.78, 5) is 29.2. The summed E-state index contributed by atoms with van der Waals surface area (Å²) >= 11 is 0. The first-order chi connectivity index (χ1) is 14.0. The molecule has 29 heavy (non-hydrogen) atoms. The molecule has 2 N–H and O–H groups in total. The van der Waals surface area contributed by atoms with Gasteiger partial charge in [0.25, 0.3) is 0 Å². The van der Waals surface area contributed by atoms with E-state index in [4.69, 9.17) is 4.74 Å². The fourth-order valence-corrected chi connectivity index (χ4v) is 3.66. The van der Waals surface area contributed by atoms with Crippen LogP contribution in [0.15, 0.2) is 24.3 Å². The molecule has 2 aliphatic rings. The van der Waals surface area contributed by atoms with Crippen LogP contribution in [0.1, 0.15) is 32.3 Å². The fraction of sp³-hybridized carbons (Fsp3) is 0.636. The summed E-state index contributed by atoms with van der Waals surface area (Å²) in [5.41, 5.74) is 1.17. The summed E-state index contributed by atoms with van der Waals surface area (Å²) in [7, 11) is 1.65. The minimum atomic E-state index is -0.163. The molecule has 0 bridgehead atoms. The molecule has 7 heteroatoms. The van der Waals surface area contributed by atoms with E-state index in [9.17, 15) is 9.59 Å². The van der Waals surface area contributed by atoms with Crippen molar-refractivity contribution in [2.75, 3.05) is 39.8 Å². The highest BCUT2D eigenvalue weighted by atomic mass is 16.5. The second-order valence-electron chi connectivity index (χ2n) is 8.10. The number of hydrogen-bond acceptors (Lipinski definition) is 5. The summed E-state index contributed by atoms with van der Waals surface area (Å²) in [6, 6.07) is 8.04. The highest BCUT2D eigenvalue weighted by molar-refractivity contribution is 5.82. The van der Waals surface area contributed by atoms with Crippen LogP contribution in [0.25, 0.3) is 0 Å². The van der Waals surface area contributed by atoms with Gasteiger partial charge in [-0.2, -0.15) is 0 Å². The highest BCUT2D eigenvalue weighted by Crippen LogP contribution is 2.19. The van der Waals surface area contributed by atoms with Gasteiger partial charge in [0.15, 0.2) is 0 Å². The molecule has 1 aliphatic carbocycles. The minimum Gasteiger partial charge on any atom is -0.497 e. The van der Waals surface area contributed by atoms with Crippen molar-refractivity contribution in [3.8, 4) is 5.75 Å². The lowest BCUT2D eigenvalue weighted by Crippen LogP contribution is -2.57. The molecule has 2 atom stereocenters. The van der Waals surface area contributed by atoms with Crippen molar-refractivity contribution in [3.05, 3.63) is 29.8 Å². The fourth-order valence-electron chi connectivity index (χ4n) is 3.66. The van der Waals surface area contributed by atoms with E-state index in [1.54, 1.807) is 7.11 Å². The number of amides is 2. The molecule has 1 saturated carbocycles. The summed E-state index contributed by atoms with van der Waals surface area (Å²) in [5, 5.41) is 6.13. The lowest BCUT2D eigenvalue weighted by Gasteiger charge is -2.39. The monoisotopic (exact) mass is 402 g/mol. The summed E-state index contributed by atoms with van der Waals surface area (Å²) in [5.74, 6) is 1.03. The maximum atomic E-state index is 12.5. The zero-order chi connectivity index (χ0) is 20.8. The average molecular weight is 403 g/mol. The van der Waals surface area contributed by atoms with Crippen LogP contribution in [0, 0.1) is 0 Å². The van der Waals surface area contributed by atoms with Gasteiger partial charge in [0, 0.05) is 38.8 Å². The van der Waals surface area contributed by atoms with Gasteiger partial charge in [-0.3, -0.25) is 19.4 Å². The number of hydrogen-bond donors (Lipinski definition) is 2. The van der Waals surface area contributed by atoms with Gasteiger partial charge < -0.3 is 15.4 Å². The molecule has 7 nitrogen and oxygen atoms in total. The lowest BCUT2D eigenvalue weighted by molar-refractivity contribution is -0.129. The third-order valence-corrected chi connectivity index (χ3v) is 6.00. The van der Waals surface area contributed by atoms with Gasteiger partial charge in [0.1, 0.15) is 5.75 Å². The second-order valence-corrected chi connectivity index (χ2v) is 8.10. The van der Waals surface area contributed by atoms with Crippen LogP contribution in [0.5, 0.6) is 5.75 Å². The van der Waals surface area contributed by atoms with Crippen LogP contribution >= 0.6 is 0 Å². The normalized spacial score (nSPS) is 20.0. The Hall–Kier alpha value is -2.12. The van der Waals surface area contributed by atoms with Gasteiger partial charge in [-0.25, -0.2) is 0 Å². The largest absolute Gasteiger partial charge is 0.497 e. The summed E-state index contributed by atoms with van der Waals surface area (Å²) in [6.45, 7) is 7.77. The topological polar surface area (TPSA) is 73.9 Å². The Bertz CT molecular complexity index is 682. The molecular weight excluding hydrogens is 368 g/mol. The number of nitrogens with zero attached hydrogens (tertiary/aromatic N) is 2. The van der Waals surface area contributed by atoms with Crippen molar-refractivity contribution in [1.82, 2.24) is 20.4 Å². The van der Waals surface area contributed by atoms with Gasteiger partial charge in [-0.15, -0.1) is 0 Å². The number of ether oxygens (including phenoxy) is 1. The number of carbonyl (C=O) groups excluding carboxylic acids is 2. The van der Waals surface area contributed by atoms with Crippen LogP contribution in [0.4, 0.5) is 0 Å². The van der Waals surface area contributed by atoms with Crippen molar-refractivity contribution in [3.63, 3.8) is 0 Å². The Morgan fingerprint density at radius 1 is 1.00 bits per heavy atom. The lowest BCUT2D eigenvalue weighted by atomic mass is 10.1. The third-order valence-electron chi connectivity index (χ3n) is 6.00. The van der Waals surface area contributed by atoms with Crippen LogP contribution < -0.4 is 15.4 Å². The Kier molecular flexibility index (Phi) is 7.50. The molecule has 2 unspecified atom stereocenters. The molecular formula is C22H34N4O3. The van der Waals surface area contributed by atoms with Gasteiger partial charge >= 0.3 is 0 Å². The minimum absolute atomic E-state index is 0.0616. The first-order valence-corrected chi connectivity index (χ1v) is 10.7. The van der Waals surface area contributed by atoms with E-state index in [1.807, 2.05) is 38.1 Å². The molecule has 3 rings (SSSR count). The number of benzene rings is 1.